The summed E-state index contributed by atoms with van der Waals surface area (Å²) in [6, 6.07) is 10.2. The minimum Gasteiger partial charge on any atom is -0.361 e. The van der Waals surface area contributed by atoms with Gasteiger partial charge in [-0.3, -0.25) is 9.69 Å². The summed E-state index contributed by atoms with van der Waals surface area (Å²) in [5, 5.41) is 7.90. The van der Waals surface area contributed by atoms with Crippen molar-refractivity contribution in [3.05, 3.63) is 47.9 Å². The average molecular weight is 338 g/mol. The maximum absolute atomic E-state index is 12.1. The fraction of sp³-hybridized carbons (Fsp3) is 0.368. The number of aromatic nitrogens is 2. The summed E-state index contributed by atoms with van der Waals surface area (Å²) in [5.41, 5.74) is 2.60. The van der Waals surface area contributed by atoms with Gasteiger partial charge in [-0.1, -0.05) is 23.4 Å². The summed E-state index contributed by atoms with van der Waals surface area (Å²) in [7, 11) is 0. The fourth-order valence-corrected chi connectivity index (χ4v) is 3.64. The number of amides is 1. The molecule has 1 aliphatic rings. The zero-order valence-corrected chi connectivity index (χ0v) is 14.3. The van der Waals surface area contributed by atoms with E-state index in [1.807, 2.05) is 0 Å². The van der Waals surface area contributed by atoms with E-state index in [0.29, 0.717) is 24.0 Å². The van der Waals surface area contributed by atoms with Gasteiger partial charge in [0.1, 0.15) is 5.76 Å². The summed E-state index contributed by atoms with van der Waals surface area (Å²) in [6.45, 7) is 4.05. The maximum atomic E-state index is 12.1. The summed E-state index contributed by atoms with van der Waals surface area (Å²) in [4.78, 5) is 17.7. The third kappa shape index (κ3) is 3.44. The van der Waals surface area contributed by atoms with E-state index in [-0.39, 0.29) is 5.91 Å². The minimum atomic E-state index is -0.0427. The van der Waals surface area contributed by atoms with Gasteiger partial charge in [0.2, 0.25) is 5.91 Å². The van der Waals surface area contributed by atoms with Gasteiger partial charge in [-0.15, -0.1) is 0 Å². The van der Waals surface area contributed by atoms with Gasteiger partial charge in [0, 0.05) is 23.2 Å². The highest BCUT2D eigenvalue weighted by Crippen LogP contribution is 2.32. The van der Waals surface area contributed by atoms with Crippen LogP contribution in [-0.4, -0.2) is 40.6 Å². The highest BCUT2D eigenvalue weighted by molar-refractivity contribution is 5.91. The third-order valence-corrected chi connectivity index (χ3v) is 4.91. The van der Waals surface area contributed by atoms with Crippen molar-refractivity contribution in [3.8, 4) is 0 Å². The first kappa shape index (κ1) is 15.9. The minimum absolute atomic E-state index is 0.0427. The normalized spacial score (nSPS) is 16.4. The SMILES string of the molecule is Cc1cc(NC(=O)CN2CCC(c3c[nH]c4ccccc34)CC2)no1. The van der Waals surface area contributed by atoms with Crippen LogP contribution in [0.1, 0.15) is 30.1 Å². The number of hydrogen-bond acceptors (Lipinski definition) is 4. The third-order valence-electron chi connectivity index (χ3n) is 4.91. The van der Waals surface area contributed by atoms with Crippen LogP contribution in [0.3, 0.4) is 0 Å². The van der Waals surface area contributed by atoms with Crippen molar-refractivity contribution in [2.24, 2.45) is 0 Å². The number of H-pyrrole nitrogens is 1. The fourth-order valence-electron chi connectivity index (χ4n) is 3.64. The number of aromatic amines is 1. The van der Waals surface area contributed by atoms with Crippen LogP contribution in [0.15, 0.2) is 41.1 Å². The van der Waals surface area contributed by atoms with Crippen molar-refractivity contribution < 1.29 is 9.32 Å². The monoisotopic (exact) mass is 338 g/mol. The Labute approximate surface area is 146 Å². The molecule has 1 saturated heterocycles. The number of aryl methyl sites for hydroxylation is 1. The molecule has 1 aliphatic heterocycles. The molecule has 0 unspecified atom stereocenters. The molecular formula is C19H22N4O2. The molecule has 0 saturated carbocycles. The molecule has 0 bridgehead atoms. The Morgan fingerprint density at radius 2 is 2.16 bits per heavy atom. The predicted molar refractivity (Wildman–Crippen MR) is 96.6 cm³/mol. The molecule has 1 amide bonds. The maximum Gasteiger partial charge on any atom is 0.239 e. The lowest BCUT2D eigenvalue weighted by molar-refractivity contribution is -0.117. The predicted octanol–water partition coefficient (Wildman–Crippen LogP) is 3.28. The van der Waals surface area contributed by atoms with Crippen LogP contribution >= 0.6 is 0 Å². The van der Waals surface area contributed by atoms with E-state index in [2.05, 4.69) is 50.8 Å². The highest BCUT2D eigenvalue weighted by Gasteiger charge is 2.24. The van der Waals surface area contributed by atoms with E-state index in [0.717, 1.165) is 25.9 Å². The molecule has 6 heteroatoms. The molecule has 25 heavy (non-hydrogen) atoms. The molecule has 0 aliphatic carbocycles. The van der Waals surface area contributed by atoms with Gasteiger partial charge >= 0.3 is 0 Å². The van der Waals surface area contributed by atoms with Gasteiger partial charge in [-0.05, 0) is 50.4 Å². The molecule has 6 nitrogen and oxygen atoms in total. The van der Waals surface area contributed by atoms with Crippen molar-refractivity contribution in [1.82, 2.24) is 15.0 Å². The van der Waals surface area contributed by atoms with Crippen molar-refractivity contribution in [3.63, 3.8) is 0 Å². The van der Waals surface area contributed by atoms with Crippen LogP contribution in [0.4, 0.5) is 5.82 Å². The Balaban J connectivity index is 1.33. The van der Waals surface area contributed by atoms with Crippen LogP contribution in [0.5, 0.6) is 0 Å². The number of hydrogen-bond donors (Lipinski definition) is 2. The largest absolute Gasteiger partial charge is 0.361 e. The van der Waals surface area contributed by atoms with Crippen LogP contribution in [0.2, 0.25) is 0 Å². The number of nitrogens with one attached hydrogen (secondary N) is 2. The number of rotatable bonds is 4. The molecule has 1 aromatic carbocycles. The number of nitrogens with zero attached hydrogens (tertiary/aromatic N) is 2. The molecule has 2 aromatic heterocycles. The van der Waals surface area contributed by atoms with Crippen molar-refractivity contribution in [1.29, 1.82) is 0 Å². The van der Waals surface area contributed by atoms with E-state index >= 15 is 0 Å². The number of carbonyl (C=O) groups is 1. The number of anilines is 1. The first-order chi connectivity index (χ1) is 12.2. The second-order valence-corrected chi connectivity index (χ2v) is 6.71. The highest BCUT2D eigenvalue weighted by atomic mass is 16.5. The summed E-state index contributed by atoms with van der Waals surface area (Å²) in [6.07, 6.45) is 4.28. The number of carbonyl (C=O) groups excluding carboxylic acids is 1. The molecule has 3 heterocycles. The molecule has 4 rings (SSSR count). The van der Waals surface area contributed by atoms with E-state index in [1.165, 1.54) is 16.5 Å². The summed E-state index contributed by atoms with van der Waals surface area (Å²) < 4.78 is 4.96. The van der Waals surface area contributed by atoms with E-state index in [9.17, 15) is 4.79 Å². The van der Waals surface area contributed by atoms with Crippen molar-refractivity contribution >= 4 is 22.6 Å². The van der Waals surface area contributed by atoms with Crippen molar-refractivity contribution in [2.75, 3.05) is 25.0 Å². The molecular weight excluding hydrogens is 316 g/mol. The smallest absolute Gasteiger partial charge is 0.239 e. The lowest BCUT2D eigenvalue weighted by Crippen LogP contribution is -2.38. The molecule has 130 valence electrons. The van der Waals surface area contributed by atoms with Crippen molar-refractivity contribution in [2.45, 2.75) is 25.7 Å². The van der Waals surface area contributed by atoms with Gasteiger partial charge in [0.25, 0.3) is 0 Å². The Bertz CT molecular complexity index is 874. The molecule has 3 aromatic rings. The van der Waals surface area contributed by atoms with Gasteiger partial charge < -0.3 is 14.8 Å². The molecule has 0 spiro atoms. The summed E-state index contributed by atoms with van der Waals surface area (Å²) >= 11 is 0. The van der Waals surface area contributed by atoms with Gasteiger partial charge in [0.15, 0.2) is 5.82 Å². The first-order valence-electron chi connectivity index (χ1n) is 8.70. The quantitative estimate of drug-likeness (QED) is 0.765. The molecule has 2 N–H and O–H groups in total. The lowest BCUT2D eigenvalue weighted by atomic mass is 9.89. The zero-order chi connectivity index (χ0) is 17.2. The number of para-hydroxylation sites is 1. The number of benzene rings is 1. The van der Waals surface area contributed by atoms with Crippen LogP contribution in [0.25, 0.3) is 10.9 Å². The topological polar surface area (TPSA) is 74.2 Å². The Kier molecular flexibility index (Phi) is 4.28. The number of piperidine rings is 1. The molecule has 1 fully saturated rings. The zero-order valence-electron chi connectivity index (χ0n) is 14.3. The van der Waals surface area contributed by atoms with E-state index in [1.54, 1.807) is 13.0 Å². The Hall–Kier alpha value is -2.60. The van der Waals surface area contributed by atoms with Crippen LogP contribution in [-0.2, 0) is 4.79 Å². The first-order valence-corrected chi connectivity index (χ1v) is 8.70. The number of likely N-dealkylation sites (tertiary alicyclic amines) is 1. The van der Waals surface area contributed by atoms with Gasteiger partial charge in [-0.2, -0.15) is 0 Å². The lowest BCUT2D eigenvalue weighted by Gasteiger charge is -2.31. The second-order valence-electron chi connectivity index (χ2n) is 6.71. The van der Waals surface area contributed by atoms with E-state index in [4.69, 9.17) is 4.52 Å². The number of fused-ring (bicyclic) bond motifs is 1. The Morgan fingerprint density at radius 3 is 2.92 bits per heavy atom. The standard InChI is InChI=1S/C19H22N4O2/c1-13-10-18(22-25-13)21-19(24)12-23-8-6-14(7-9-23)16-11-20-17-5-3-2-4-15(16)17/h2-5,10-11,14,20H,6-9,12H2,1H3,(H,21,22,24). The average Bonchev–Trinajstić information content (AvgIpc) is 3.22. The van der Waals surface area contributed by atoms with E-state index < -0.39 is 0 Å². The van der Waals surface area contributed by atoms with Crippen LogP contribution < -0.4 is 5.32 Å². The molecule has 0 atom stereocenters. The molecule has 0 radical (unpaired) electrons. The van der Waals surface area contributed by atoms with Gasteiger partial charge in [0.05, 0.1) is 6.54 Å². The Morgan fingerprint density at radius 1 is 1.36 bits per heavy atom. The second kappa shape index (κ2) is 6.72. The van der Waals surface area contributed by atoms with Gasteiger partial charge in [-0.25, -0.2) is 0 Å². The summed E-state index contributed by atoms with van der Waals surface area (Å²) in [5.74, 6) is 1.68. The van der Waals surface area contributed by atoms with Crippen LogP contribution in [0, 0.1) is 6.92 Å².